The minimum atomic E-state index is 0.594. The van der Waals surface area contributed by atoms with Gasteiger partial charge in [0.05, 0.1) is 6.61 Å². The van der Waals surface area contributed by atoms with E-state index in [9.17, 15) is 0 Å². The molecule has 0 heterocycles. The Balaban J connectivity index is 2.59. The molecule has 0 radical (unpaired) electrons. The summed E-state index contributed by atoms with van der Waals surface area (Å²) >= 11 is 2.30. The van der Waals surface area contributed by atoms with Gasteiger partial charge in [-0.05, 0) is 53.3 Å². The van der Waals surface area contributed by atoms with Crippen LogP contribution in [0.2, 0.25) is 0 Å². The monoisotopic (exact) mass is 286 g/mol. The summed E-state index contributed by atoms with van der Waals surface area (Å²) in [6.07, 6.45) is 5.77. The minimum Gasteiger partial charge on any atom is -0.493 e. The van der Waals surface area contributed by atoms with Crippen LogP contribution in [0.1, 0.15) is 12.0 Å². The van der Waals surface area contributed by atoms with Gasteiger partial charge in [0.15, 0.2) is 0 Å². The molecule has 1 rings (SSSR count). The molecule has 0 aromatic heterocycles. The average Bonchev–Trinajstić information content (AvgIpc) is 2.12. The van der Waals surface area contributed by atoms with E-state index in [4.69, 9.17) is 11.2 Å². The van der Waals surface area contributed by atoms with E-state index in [1.807, 2.05) is 18.2 Å². The van der Waals surface area contributed by atoms with Crippen molar-refractivity contribution in [2.75, 3.05) is 6.61 Å². The molecule has 0 N–H and O–H groups in total. The Morgan fingerprint density at radius 3 is 2.92 bits per heavy atom. The Morgan fingerprint density at radius 2 is 2.31 bits per heavy atom. The Hall–Kier alpha value is -0.690. The van der Waals surface area contributed by atoms with E-state index in [2.05, 4.69) is 35.4 Å². The summed E-state index contributed by atoms with van der Waals surface area (Å²) in [5, 5.41) is 0. The van der Waals surface area contributed by atoms with Gasteiger partial charge in [0, 0.05) is 9.99 Å². The Labute approximate surface area is 92.6 Å². The van der Waals surface area contributed by atoms with Crippen molar-refractivity contribution in [1.29, 1.82) is 0 Å². The summed E-state index contributed by atoms with van der Waals surface area (Å²) < 4.78 is 6.69. The van der Waals surface area contributed by atoms with Crippen LogP contribution in [0, 0.1) is 22.8 Å². The Morgan fingerprint density at radius 1 is 1.54 bits per heavy atom. The van der Waals surface area contributed by atoms with Gasteiger partial charge < -0.3 is 4.74 Å². The predicted octanol–water partition coefficient (Wildman–Crippen LogP) is 3.00. The van der Waals surface area contributed by atoms with Crippen LogP contribution in [0.5, 0.6) is 5.75 Å². The fourth-order valence-corrected chi connectivity index (χ4v) is 1.27. The van der Waals surface area contributed by atoms with E-state index in [0.29, 0.717) is 13.0 Å². The molecule has 2 heteroatoms. The van der Waals surface area contributed by atoms with Crippen LogP contribution in [0.15, 0.2) is 18.2 Å². The summed E-state index contributed by atoms with van der Waals surface area (Å²) in [4.78, 5) is 0. The molecule has 0 spiro atoms. The maximum Gasteiger partial charge on any atom is 0.119 e. The van der Waals surface area contributed by atoms with Crippen molar-refractivity contribution in [3.63, 3.8) is 0 Å². The van der Waals surface area contributed by atoms with Crippen molar-refractivity contribution in [3.8, 4) is 18.1 Å². The maximum atomic E-state index is 5.44. The van der Waals surface area contributed by atoms with Crippen LogP contribution in [0.3, 0.4) is 0 Å². The molecule has 0 fully saturated rings. The standard InChI is InChI=1S/C11H11IO/c1-3-4-7-13-10-5-6-11(12)9(2)8-10/h1,5-6,8H,4,7H2,2H3. The molecule has 0 atom stereocenters. The van der Waals surface area contributed by atoms with E-state index in [0.717, 1.165) is 5.75 Å². The van der Waals surface area contributed by atoms with E-state index in [1.54, 1.807) is 0 Å². The zero-order valence-electron chi connectivity index (χ0n) is 7.51. The van der Waals surface area contributed by atoms with Gasteiger partial charge >= 0.3 is 0 Å². The highest BCUT2D eigenvalue weighted by atomic mass is 127. The van der Waals surface area contributed by atoms with Crippen LogP contribution in [-0.4, -0.2) is 6.61 Å². The number of aryl methyl sites for hydroxylation is 1. The molecule has 13 heavy (non-hydrogen) atoms. The second-order valence-electron chi connectivity index (χ2n) is 2.71. The molecule has 1 aromatic rings. The normalized spacial score (nSPS) is 9.31. The maximum absolute atomic E-state index is 5.44. The van der Waals surface area contributed by atoms with E-state index in [-0.39, 0.29) is 0 Å². The Kier molecular flexibility index (Phi) is 4.10. The van der Waals surface area contributed by atoms with Crippen LogP contribution < -0.4 is 4.74 Å². The van der Waals surface area contributed by atoms with Crippen LogP contribution in [0.25, 0.3) is 0 Å². The third kappa shape index (κ3) is 3.27. The summed E-state index contributed by atoms with van der Waals surface area (Å²) in [6, 6.07) is 6.03. The Bertz CT molecular complexity index is 325. The lowest BCUT2D eigenvalue weighted by Gasteiger charge is -2.05. The van der Waals surface area contributed by atoms with Crippen molar-refractivity contribution >= 4 is 22.6 Å². The molecule has 0 aliphatic heterocycles. The quantitative estimate of drug-likeness (QED) is 0.471. The molecule has 0 saturated heterocycles. The molecule has 68 valence electrons. The number of rotatable bonds is 3. The summed E-state index contributed by atoms with van der Waals surface area (Å²) in [6.45, 7) is 2.66. The van der Waals surface area contributed by atoms with Crippen LogP contribution in [-0.2, 0) is 0 Å². The van der Waals surface area contributed by atoms with Crippen molar-refractivity contribution in [1.82, 2.24) is 0 Å². The van der Waals surface area contributed by atoms with Gasteiger partial charge in [-0.3, -0.25) is 0 Å². The highest BCUT2D eigenvalue weighted by Crippen LogP contribution is 2.18. The van der Waals surface area contributed by atoms with Gasteiger partial charge in [-0.1, -0.05) is 0 Å². The molecule has 0 amide bonds. The molecular weight excluding hydrogens is 275 g/mol. The number of hydrogen-bond acceptors (Lipinski definition) is 1. The minimum absolute atomic E-state index is 0.594. The largest absolute Gasteiger partial charge is 0.493 e. The second-order valence-corrected chi connectivity index (χ2v) is 3.88. The zero-order valence-corrected chi connectivity index (χ0v) is 9.67. The molecule has 0 saturated carbocycles. The highest BCUT2D eigenvalue weighted by molar-refractivity contribution is 14.1. The van der Waals surface area contributed by atoms with E-state index in [1.165, 1.54) is 9.13 Å². The fourth-order valence-electron chi connectivity index (χ4n) is 0.935. The average molecular weight is 286 g/mol. The number of benzene rings is 1. The van der Waals surface area contributed by atoms with Gasteiger partial charge in [0.25, 0.3) is 0 Å². The molecule has 1 nitrogen and oxygen atoms in total. The topological polar surface area (TPSA) is 9.23 Å². The van der Waals surface area contributed by atoms with Crippen LogP contribution in [0.4, 0.5) is 0 Å². The lowest BCUT2D eigenvalue weighted by atomic mass is 10.2. The van der Waals surface area contributed by atoms with E-state index < -0.39 is 0 Å². The molecule has 0 bridgehead atoms. The molecular formula is C11H11IO. The first-order valence-electron chi connectivity index (χ1n) is 4.06. The van der Waals surface area contributed by atoms with Gasteiger partial charge in [-0.2, -0.15) is 0 Å². The van der Waals surface area contributed by atoms with Crippen molar-refractivity contribution in [2.45, 2.75) is 13.3 Å². The predicted molar refractivity (Wildman–Crippen MR) is 62.8 cm³/mol. The first-order chi connectivity index (χ1) is 6.24. The van der Waals surface area contributed by atoms with Crippen molar-refractivity contribution in [3.05, 3.63) is 27.3 Å². The first kappa shape index (κ1) is 10.4. The smallest absolute Gasteiger partial charge is 0.119 e. The second kappa shape index (κ2) is 5.13. The fraction of sp³-hybridized carbons (Fsp3) is 0.273. The van der Waals surface area contributed by atoms with Crippen molar-refractivity contribution < 1.29 is 4.74 Å². The number of halogens is 1. The first-order valence-corrected chi connectivity index (χ1v) is 5.14. The van der Waals surface area contributed by atoms with Gasteiger partial charge in [0.1, 0.15) is 5.75 Å². The van der Waals surface area contributed by atoms with Crippen LogP contribution >= 0.6 is 22.6 Å². The molecule has 1 aromatic carbocycles. The summed E-state index contributed by atoms with van der Waals surface area (Å²) in [5.41, 5.74) is 1.24. The number of hydrogen-bond donors (Lipinski definition) is 0. The lowest BCUT2D eigenvalue weighted by molar-refractivity contribution is 0.327. The van der Waals surface area contributed by atoms with Crippen molar-refractivity contribution in [2.24, 2.45) is 0 Å². The molecule has 0 aliphatic rings. The van der Waals surface area contributed by atoms with E-state index >= 15 is 0 Å². The third-order valence-corrected chi connectivity index (χ3v) is 2.85. The van der Waals surface area contributed by atoms with Gasteiger partial charge in [0.2, 0.25) is 0 Å². The zero-order chi connectivity index (χ0) is 9.68. The molecule has 0 aliphatic carbocycles. The summed E-state index contributed by atoms with van der Waals surface area (Å²) in [7, 11) is 0. The lowest BCUT2D eigenvalue weighted by Crippen LogP contribution is -1.96. The number of ether oxygens (including phenoxy) is 1. The van der Waals surface area contributed by atoms with Gasteiger partial charge in [-0.15, -0.1) is 12.3 Å². The van der Waals surface area contributed by atoms with Gasteiger partial charge in [-0.25, -0.2) is 0 Å². The SMILES string of the molecule is C#CCCOc1ccc(I)c(C)c1. The number of terminal acetylenes is 1. The highest BCUT2D eigenvalue weighted by Gasteiger charge is 1.96. The third-order valence-electron chi connectivity index (χ3n) is 1.64. The molecule has 0 unspecified atom stereocenters. The summed E-state index contributed by atoms with van der Waals surface area (Å²) in [5.74, 6) is 3.43.